The first-order valence-corrected chi connectivity index (χ1v) is 9.11. The van der Waals surface area contributed by atoms with Crippen molar-refractivity contribution in [2.24, 2.45) is 0 Å². The second-order valence-electron chi connectivity index (χ2n) is 6.47. The number of piperidine rings is 1. The molecule has 2 nitrogen and oxygen atoms in total. The second kappa shape index (κ2) is 6.70. The number of ether oxygens (including phenoxy) is 1. The SMILES string of the molecule is COc1c(Br)c2c(c(C)c1CC1CCCCN1)CCCC2. The average molecular weight is 352 g/mol. The maximum absolute atomic E-state index is 5.79. The summed E-state index contributed by atoms with van der Waals surface area (Å²) in [6.45, 7) is 3.47. The summed E-state index contributed by atoms with van der Waals surface area (Å²) in [6.07, 6.45) is 10.1. The van der Waals surface area contributed by atoms with Crippen molar-refractivity contribution in [1.82, 2.24) is 5.32 Å². The van der Waals surface area contributed by atoms with Crippen LogP contribution in [0.1, 0.15) is 54.4 Å². The van der Waals surface area contributed by atoms with Crippen LogP contribution < -0.4 is 10.1 Å². The van der Waals surface area contributed by atoms with Crippen LogP contribution in [0.25, 0.3) is 0 Å². The number of rotatable bonds is 3. The van der Waals surface area contributed by atoms with Gasteiger partial charge in [0.1, 0.15) is 5.75 Å². The summed E-state index contributed by atoms with van der Waals surface area (Å²) in [6, 6.07) is 0.611. The molecule has 1 aromatic rings. The van der Waals surface area contributed by atoms with E-state index in [-0.39, 0.29) is 0 Å². The number of hydrogen-bond acceptors (Lipinski definition) is 2. The van der Waals surface area contributed by atoms with Crippen molar-refractivity contribution in [2.45, 2.75) is 64.3 Å². The zero-order valence-corrected chi connectivity index (χ0v) is 14.8. The summed E-state index contributed by atoms with van der Waals surface area (Å²) < 4.78 is 7.01. The van der Waals surface area contributed by atoms with E-state index >= 15 is 0 Å². The smallest absolute Gasteiger partial charge is 0.136 e. The summed E-state index contributed by atoms with van der Waals surface area (Å²) in [5.74, 6) is 1.08. The summed E-state index contributed by atoms with van der Waals surface area (Å²) in [5, 5.41) is 3.67. The lowest BCUT2D eigenvalue weighted by atomic mass is 9.84. The molecule has 1 saturated heterocycles. The van der Waals surface area contributed by atoms with Gasteiger partial charge in [-0.25, -0.2) is 0 Å². The molecule has 0 amide bonds. The van der Waals surface area contributed by atoms with E-state index in [0.717, 1.165) is 18.7 Å². The molecule has 2 aliphatic rings. The van der Waals surface area contributed by atoms with Crippen LogP contribution in [0.3, 0.4) is 0 Å². The summed E-state index contributed by atoms with van der Waals surface area (Å²) in [7, 11) is 1.81. The van der Waals surface area contributed by atoms with Crippen LogP contribution in [0.4, 0.5) is 0 Å². The molecule has 3 heteroatoms. The quantitative estimate of drug-likeness (QED) is 0.874. The monoisotopic (exact) mass is 351 g/mol. The summed E-state index contributed by atoms with van der Waals surface area (Å²) in [4.78, 5) is 0. The first-order valence-electron chi connectivity index (χ1n) is 8.32. The largest absolute Gasteiger partial charge is 0.495 e. The summed E-state index contributed by atoms with van der Waals surface area (Å²) in [5.41, 5.74) is 5.98. The molecule has 1 fully saturated rings. The number of methoxy groups -OCH3 is 1. The lowest BCUT2D eigenvalue weighted by molar-refractivity contribution is 0.378. The molecular formula is C18H26BrNO. The average Bonchev–Trinajstić information content (AvgIpc) is 2.54. The van der Waals surface area contributed by atoms with Crippen molar-refractivity contribution in [3.05, 3.63) is 26.7 Å². The van der Waals surface area contributed by atoms with Crippen molar-refractivity contribution >= 4 is 15.9 Å². The fraction of sp³-hybridized carbons (Fsp3) is 0.667. The van der Waals surface area contributed by atoms with Gasteiger partial charge in [-0.2, -0.15) is 0 Å². The summed E-state index contributed by atoms with van der Waals surface area (Å²) >= 11 is 3.83. The van der Waals surface area contributed by atoms with Gasteiger partial charge in [-0.1, -0.05) is 6.42 Å². The lowest BCUT2D eigenvalue weighted by Gasteiger charge is -2.29. The van der Waals surface area contributed by atoms with Crippen molar-refractivity contribution in [3.8, 4) is 5.75 Å². The molecule has 0 bridgehead atoms. The highest BCUT2D eigenvalue weighted by Gasteiger charge is 2.25. The van der Waals surface area contributed by atoms with E-state index in [1.165, 1.54) is 66.1 Å². The molecular weight excluding hydrogens is 326 g/mol. The van der Waals surface area contributed by atoms with E-state index in [0.29, 0.717) is 6.04 Å². The normalized spacial score (nSPS) is 22.0. The molecule has 116 valence electrons. The number of hydrogen-bond donors (Lipinski definition) is 1. The maximum atomic E-state index is 5.79. The molecule has 21 heavy (non-hydrogen) atoms. The minimum absolute atomic E-state index is 0.611. The van der Waals surface area contributed by atoms with Crippen LogP contribution in [-0.2, 0) is 19.3 Å². The van der Waals surface area contributed by atoms with Gasteiger partial charge >= 0.3 is 0 Å². The number of halogens is 1. The zero-order chi connectivity index (χ0) is 14.8. The first-order chi connectivity index (χ1) is 10.2. The van der Waals surface area contributed by atoms with Gasteiger partial charge in [0, 0.05) is 11.6 Å². The minimum Gasteiger partial charge on any atom is -0.495 e. The van der Waals surface area contributed by atoms with Gasteiger partial charge in [0.05, 0.1) is 11.6 Å². The van der Waals surface area contributed by atoms with Crippen molar-refractivity contribution in [1.29, 1.82) is 0 Å². The molecule has 0 radical (unpaired) electrons. The third-order valence-corrected chi connectivity index (χ3v) is 6.02. The van der Waals surface area contributed by atoms with Gasteiger partial charge in [0.15, 0.2) is 0 Å². The Balaban J connectivity index is 1.99. The molecule has 1 unspecified atom stereocenters. The lowest BCUT2D eigenvalue weighted by Crippen LogP contribution is -2.36. The van der Waals surface area contributed by atoms with E-state index in [2.05, 4.69) is 28.2 Å². The Hall–Kier alpha value is -0.540. The van der Waals surface area contributed by atoms with E-state index < -0.39 is 0 Å². The molecule has 0 saturated carbocycles. The number of nitrogens with one attached hydrogen (secondary N) is 1. The van der Waals surface area contributed by atoms with E-state index in [1.54, 1.807) is 5.56 Å². The zero-order valence-electron chi connectivity index (χ0n) is 13.2. The standard InChI is InChI=1S/C18H26BrNO/c1-12-14-8-3-4-9-15(14)17(19)18(21-2)16(12)11-13-7-5-6-10-20-13/h13,20H,3-11H2,1-2H3. The topological polar surface area (TPSA) is 21.3 Å². The highest BCUT2D eigenvalue weighted by atomic mass is 79.9. The number of fused-ring (bicyclic) bond motifs is 1. The Labute approximate surface area is 136 Å². The van der Waals surface area contributed by atoms with Crippen LogP contribution in [0, 0.1) is 6.92 Å². The Kier molecular flexibility index (Phi) is 4.90. The minimum atomic E-state index is 0.611. The third kappa shape index (κ3) is 3.00. The van der Waals surface area contributed by atoms with Crippen LogP contribution >= 0.6 is 15.9 Å². The van der Waals surface area contributed by atoms with Gasteiger partial charge in [0.2, 0.25) is 0 Å². The first kappa shape index (κ1) is 15.4. The molecule has 1 aliphatic heterocycles. The maximum Gasteiger partial charge on any atom is 0.136 e. The van der Waals surface area contributed by atoms with E-state index in [9.17, 15) is 0 Å². The molecule has 1 heterocycles. The second-order valence-corrected chi connectivity index (χ2v) is 7.26. The van der Waals surface area contributed by atoms with Crippen LogP contribution in [0.15, 0.2) is 4.47 Å². The predicted molar refractivity (Wildman–Crippen MR) is 91.4 cm³/mol. The van der Waals surface area contributed by atoms with Crippen molar-refractivity contribution in [2.75, 3.05) is 13.7 Å². The Bertz CT molecular complexity index is 521. The van der Waals surface area contributed by atoms with Crippen LogP contribution in [0.5, 0.6) is 5.75 Å². The van der Waals surface area contributed by atoms with Gasteiger partial charge in [-0.05, 0) is 91.0 Å². The Morgan fingerprint density at radius 1 is 1.14 bits per heavy atom. The molecule has 1 aliphatic carbocycles. The van der Waals surface area contributed by atoms with Crippen molar-refractivity contribution < 1.29 is 4.74 Å². The fourth-order valence-electron chi connectivity index (χ4n) is 3.99. The molecule has 3 rings (SSSR count). The number of benzene rings is 1. The van der Waals surface area contributed by atoms with Crippen LogP contribution in [-0.4, -0.2) is 19.7 Å². The Morgan fingerprint density at radius 3 is 2.57 bits per heavy atom. The molecule has 0 spiro atoms. The molecule has 1 atom stereocenters. The van der Waals surface area contributed by atoms with Gasteiger partial charge in [0.25, 0.3) is 0 Å². The van der Waals surface area contributed by atoms with Crippen molar-refractivity contribution in [3.63, 3.8) is 0 Å². The van der Waals surface area contributed by atoms with Gasteiger partial charge in [-0.15, -0.1) is 0 Å². The highest BCUT2D eigenvalue weighted by Crippen LogP contribution is 2.41. The molecule has 1 aromatic carbocycles. The highest BCUT2D eigenvalue weighted by molar-refractivity contribution is 9.10. The molecule has 1 N–H and O–H groups in total. The van der Waals surface area contributed by atoms with Gasteiger partial charge in [-0.3, -0.25) is 0 Å². The Morgan fingerprint density at radius 2 is 1.90 bits per heavy atom. The van der Waals surface area contributed by atoms with E-state index in [4.69, 9.17) is 4.74 Å². The van der Waals surface area contributed by atoms with Gasteiger partial charge < -0.3 is 10.1 Å². The third-order valence-electron chi connectivity index (χ3n) is 5.18. The predicted octanol–water partition coefficient (Wildman–Crippen LogP) is 4.33. The van der Waals surface area contributed by atoms with Crippen LogP contribution in [0.2, 0.25) is 0 Å². The fourth-order valence-corrected chi connectivity index (χ4v) is 4.83. The molecule has 0 aromatic heterocycles. The van der Waals surface area contributed by atoms with E-state index in [1.807, 2.05) is 7.11 Å².